The SMILES string of the molecule is Cc1ccc(OCc2cncn2C)c(C(C)N)c1. The highest BCUT2D eigenvalue weighted by Crippen LogP contribution is 2.25. The summed E-state index contributed by atoms with van der Waals surface area (Å²) in [6, 6.07) is 6.05. The highest BCUT2D eigenvalue weighted by molar-refractivity contribution is 5.38. The number of nitrogens with zero attached hydrogens (tertiary/aromatic N) is 2. The molecule has 1 unspecified atom stereocenters. The molecule has 2 aromatic rings. The Balaban J connectivity index is 2.16. The van der Waals surface area contributed by atoms with E-state index in [1.54, 1.807) is 12.5 Å². The van der Waals surface area contributed by atoms with E-state index in [0.29, 0.717) is 6.61 Å². The van der Waals surface area contributed by atoms with Gasteiger partial charge >= 0.3 is 0 Å². The first-order valence-corrected chi connectivity index (χ1v) is 6.02. The lowest BCUT2D eigenvalue weighted by molar-refractivity contribution is 0.292. The van der Waals surface area contributed by atoms with Crippen molar-refractivity contribution in [3.05, 3.63) is 47.5 Å². The maximum atomic E-state index is 5.96. The first-order valence-electron chi connectivity index (χ1n) is 6.02. The van der Waals surface area contributed by atoms with E-state index in [9.17, 15) is 0 Å². The fraction of sp³-hybridized carbons (Fsp3) is 0.357. The van der Waals surface area contributed by atoms with Crippen molar-refractivity contribution in [1.82, 2.24) is 9.55 Å². The normalized spacial score (nSPS) is 12.4. The fourth-order valence-electron chi connectivity index (χ4n) is 1.83. The molecular formula is C14H19N3O. The molecule has 4 heteroatoms. The minimum atomic E-state index is -0.0357. The van der Waals surface area contributed by atoms with Gasteiger partial charge in [0.2, 0.25) is 0 Å². The van der Waals surface area contributed by atoms with Gasteiger partial charge < -0.3 is 15.0 Å². The van der Waals surface area contributed by atoms with Crippen LogP contribution in [0.5, 0.6) is 5.75 Å². The van der Waals surface area contributed by atoms with E-state index in [1.165, 1.54) is 5.56 Å². The topological polar surface area (TPSA) is 53.1 Å². The first kappa shape index (κ1) is 12.6. The van der Waals surface area contributed by atoms with Gasteiger partial charge in [-0.25, -0.2) is 4.98 Å². The number of imidazole rings is 1. The molecule has 0 aliphatic carbocycles. The quantitative estimate of drug-likeness (QED) is 0.899. The fourth-order valence-corrected chi connectivity index (χ4v) is 1.83. The highest BCUT2D eigenvalue weighted by atomic mass is 16.5. The smallest absolute Gasteiger partial charge is 0.130 e. The Morgan fingerprint density at radius 1 is 1.44 bits per heavy atom. The third kappa shape index (κ3) is 2.71. The van der Waals surface area contributed by atoms with Crippen molar-refractivity contribution in [2.24, 2.45) is 12.8 Å². The molecule has 1 atom stereocenters. The van der Waals surface area contributed by atoms with E-state index in [-0.39, 0.29) is 6.04 Å². The van der Waals surface area contributed by atoms with Gasteiger partial charge in [-0.15, -0.1) is 0 Å². The van der Waals surface area contributed by atoms with Crippen LogP contribution in [0.3, 0.4) is 0 Å². The lowest BCUT2D eigenvalue weighted by atomic mass is 10.1. The van der Waals surface area contributed by atoms with Crippen LogP contribution in [-0.4, -0.2) is 9.55 Å². The predicted octanol–water partition coefficient (Wildman–Crippen LogP) is 2.33. The zero-order chi connectivity index (χ0) is 13.1. The number of rotatable bonds is 4. The van der Waals surface area contributed by atoms with Crippen LogP contribution >= 0.6 is 0 Å². The standard InChI is InChI=1S/C14H19N3O/c1-10-4-5-14(13(6-10)11(2)15)18-8-12-7-16-9-17(12)3/h4-7,9,11H,8,15H2,1-3H3. The van der Waals surface area contributed by atoms with Gasteiger partial charge in [-0.2, -0.15) is 0 Å². The average molecular weight is 245 g/mol. The number of hydrogen-bond donors (Lipinski definition) is 1. The molecule has 0 aliphatic rings. The summed E-state index contributed by atoms with van der Waals surface area (Å²) < 4.78 is 7.78. The summed E-state index contributed by atoms with van der Waals surface area (Å²) in [5.74, 6) is 0.844. The molecule has 0 aliphatic heterocycles. The van der Waals surface area contributed by atoms with Gasteiger partial charge in [0.25, 0.3) is 0 Å². The minimum Gasteiger partial charge on any atom is -0.487 e. The van der Waals surface area contributed by atoms with Gasteiger partial charge in [0.1, 0.15) is 12.4 Å². The Hall–Kier alpha value is -1.81. The summed E-state index contributed by atoms with van der Waals surface area (Å²) in [5.41, 5.74) is 9.23. The molecule has 0 spiro atoms. The largest absolute Gasteiger partial charge is 0.487 e. The van der Waals surface area contributed by atoms with Crippen LogP contribution in [0, 0.1) is 6.92 Å². The maximum absolute atomic E-state index is 5.96. The Kier molecular flexibility index (Phi) is 3.67. The van der Waals surface area contributed by atoms with Gasteiger partial charge in [-0.05, 0) is 19.9 Å². The van der Waals surface area contributed by atoms with E-state index in [2.05, 4.69) is 18.0 Å². The van der Waals surface area contributed by atoms with E-state index in [1.807, 2.05) is 30.7 Å². The van der Waals surface area contributed by atoms with Gasteiger partial charge in [0.05, 0.1) is 18.2 Å². The maximum Gasteiger partial charge on any atom is 0.130 e. The predicted molar refractivity (Wildman–Crippen MR) is 71.3 cm³/mol. The second kappa shape index (κ2) is 5.23. The lowest BCUT2D eigenvalue weighted by Gasteiger charge is -2.15. The highest BCUT2D eigenvalue weighted by Gasteiger charge is 2.09. The van der Waals surface area contributed by atoms with E-state index in [4.69, 9.17) is 10.5 Å². The Bertz CT molecular complexity index is 532. The summed E-state index contributed by atoms with van der Waals surface area (Å²) in [6.07, 6.45) is 3.57. The Morgan fingerprint density at radius 3 is 2.83 bits per heavy atom. The van der Waals surface area contributed by atoms with Crippen molar-refractivity contribution in [2.75, 3.05) is 0 Å². The molecule has 2 N–H and O–H groups in total. The zero-order valence-corrected chi connectivity index (χ0v) is 11.1. The van der Waals surface area contributed by atoms with Gasteiger partial charge in [-0.1, -0.05) is 17.7 Å². The molecule has 0 fully saturated rings. The van der Waals surface area contributed by atoms with Crippen LogP contribution in [0.4, 0.5) is 0 Å². The summed E-state index contributed by atoms with van der Waals surface area (Å²) in [4.78, 5) is 4.06. The Morgan fingerprint density at radius 2 is 2.22 bits per heavy atom. The molecular weight excluding hydrogens is 226 g/mol. The minimum absolute atomic E-state index is 0.0357. The Labute approximate surface area is 107 Å². The molecule has 18 heavy (non-hydrogen) atoms. The summed E-state index contributed by atoms with van der Waals surface area (Å²) in [7, 11) is 1.95. The molecule has 0 saturated carbocycles. The molecule has 96 valence electrons. The molecule has 0 amide bonds. The van der Waals surface area contributed by atoms with E-state index in [0.717, 1.165) is 17.0 Å². The molecule has 1 aromatic carbocycles. The third-order valence-corrected chi connectivity index (χ3v) is 2.95. The number of ether oxygens (including phenoxy) is 1. The van der Waals surface area contributed by atoms with Crippen LogP contribution in [0.15, 0.2) is 30.7 Å². The number of aryl methyl sites for hydroxylation is 2. The number of benzene rings is 1. The third-order valence-electron chi connectivity index (χ3n) is 2.95. The average Bonchev–Trinajstić information content (AvgIpc) is 2.73. The van der Waals surface area contributed by atoms with Crippen molar-refractivity contribution in [3.8, 4) is 5.75 Å². The van der Waals surface area contributed by atoms with Crippen molar-refractivity contribution < 1.29 is 4.74 Å². The molecule has 1 aromatic heterocycles. The molecule has 0 radical (unpaired) electrons. The molecule has 1 heterocycles. The summed E-state index contributed by atoms with van der Waals surface area (Å²) in [6.45, 7) is 4.52. The molecule has 4 nitrogen and oxygen atoms in total. The number of nitrogens with two attached hydrogens (primary N) is 1. The summed E-state index contributed by atoms with van der Waals surface area (Å²) in [5, 5.41) is 0. The molecule has 0 saturated heterocycles. The zero-order valence-electron chi connectivity index (χ0n) is 11.1. The second-order valence-electron chi connectivity index (χ2n) is 4.61. The van der Waals surface area contributed by atoms with Crippen LogP contribution in [0.25, 0.3) is 0 Å². The van der Waals surface area contributed by atoms with Crippen LogP contribution in [0.1, 0.15) is 29.8 Å². The van der Waals surface area contributed by atoms with Crippen molar-refractivity contribution in [1.29, 1.82) is 0 Å². The van der Waals surface area contributed by atoms with Crippen molar-refractivity contribution in [3.63, 3.8) is 0 Å². The number of hydrogen-bond acceptors (Lipinski definition) is 3. The molecule has 2 rings (SSSR count). The van der Waals surface area contributed by atoms with Crippen LogP contribution in [-0.2, 0) is 13.7 Å². The monoisotopic (exact) mass is 245 g/mol. The van der Waals surface area contributed by atoms with Gasteiger partial charge in [0, 0.05) is 18.7 Å². The lowest BCUT2D eigenvalue weighted by Crippen LogP contribution is -2.09. The van der Waals surface area contributed by atoms with Gasteiger partial charge in [-0.3, -0.25) is 0 Å². The van der Waals surface area contributed by atoms with Gasteiger partial charge in [0.15, 0.2) is 0 Å². The first-order chi connectivity index (χ1) is 8.58. The second-order valence-corrected chi connectivity index (χ2v) is 4.61. The van der Waals surface area contributed by atoms with Crippen LogP contribution < -0.4 is 10.5 Å². The number of aromatic nitrogens is 2. The summed E-state index contributed by atoms with van der Waals surface area (Å²) >= 11 is 0. The van der Waals surface area contributed by atoms with Crippen molar-refractivity contribution in [2.45, 2.75) is 26.5 Å². The van der Waals surface area contributed by atoms with Crippen molar-refractivity contribution >= 4 is 0 Å². The van der Waals surface area contributed by atoms with E-state index < -0.39 is 0 Å². The molecule has 0 bridgehead atoms. The van der Waals surface area contributed by atoms with E-state index >= 15 is 0 Å². The van der Waals surface area contributed by atoms with Crippen LogP contribution in [0.2, 0.25) is 0 Å².